The highest BCUT2D eigenvalue weighted by Crippen LogP contribution is 2.30. The zero-order valence-electron chi connectivity index (χ0n) is 13.4. The first-order valence-corrected chi connectivity index (χ1v) is 7.75. The van der Waals surface area contributed by atoms with E-state index in [1.807, 2.05) is 0 Å². The minimum Gasteiger partial charge on any atom is -0.489 e. The normalized spacial score (nSPS) is 19.3. The van der Waals surface area contributed by atoms with Crippen molar-refractivity contribution in [3.8, 4) is 5.75 Å². The van der Waals surface area contributed by atoms with Crippen LogP contribution in [0.3, 0.4) is 0 Å². The number of primary amides is 1. The van der Waals surface area contributed by atoms with Crippen molar-refractivity contribution < 1.29 is 18.3 Å². The van der Waals surface area contributed by atoms with Crippen molar-refractivity contribution in [1.82, 2.24) is 5.32 Å². The summed E-state index contributed by atoms with van der Waals surface area (Å²) >= 11 is 0. The van der Waals surface area contributed by atoms with Crippen LogP contribution in [0, 0.1) is 11.6 Å². The Balaban J connectivity index is 0.00000225. The van der Waals surface area contributed by atoms with Crippen molar-refractivity contribution >= 4 is 18.3 Å². The fourth-order valence-electron chi connectivity index (χ4n) is 2.87. The van der Waals surface area contributed by atoms with E-state index in [4.69, 9.17) is 10.5 Å². The van der Waals surface area contributed by atoms with Gasteiger partial charge in [0.15, 0.2) is 0 Å². The molecule has 2 aromatic carbocycles. The van der Waals surface area contributed by atoms with Crippen LogP contribution in [0.15, 0.2) is 42.5 Å². The predicted molar refractivity (Wildman–Crippen MR) is 92.5 cm³/mol. The standard InChI is InChI=1S/C18H18F2N2O2.ClH/c19-14-4-2-1-3-11(14)10-24-12-5-6-13(15(20)9-12)16-7-8-17(22-16)18(21)23;/h1-6,9,16-17,22H,7-8,10H2,(H2,21,23);1H/t16-,17+;/m1./s1. The molecular formula is C18H19ClF2N2O2. The maximum Gasteiger partial charge on any atom is 0.234 e. The Morgan fingerprint density at radius 2 is 1.92 bits per heavy atom. The number of rotatable bonds is 5. The Morgan fingerprint density at radius 1 is 1.16 bits per heavy atom. The lowest BCUT2D eigenvalue weighted by molar-refractivity contribution is -0.119. The predicted octanol–water partition coefficient (Wildman–Crippen LogP) is 3.24. The Labute approximate surface area is 150 Å². The van der Waals surface area contributed by atoms with Crippen molar-refractivity contribution in [1.29, 1.82) is 0 Å². The second kappa shape index (κ2) is 8.27. The molecule has 2 atom stereocenters. The van der Waals surface area contributed by atoms with E-state index < -0.39 is 17.8 Å². The van der Waals surface area contributed by atoms with Crippen LogP contribution in [0.5, 0.6) is 5.75 Å². The Bertz CT molecular complexity index is 758. The number of carbonyl (C=O) groups excluding carboxylic acids is 1. The molecule has 3 rings (SSSR count). The second-order valence-electron chi connectivity index (χ2n) is 5.81. The van der Waals surface area contributed by atoms with Crippen molar-refractivity contribution in [2.24, 2.45) is 5.73 Å². The average Bonchev–Trinajstić information content (AvgIpc) is 3.04. The van der Waals surface area contributed by atoms with Crippen LogP contribution < -0.4 is 15.8 Å². The lowest BCUT2D eigenvalue weighted by atomic mass is 10.0. The van der Waals surface area contributed by atoms with E-state index in [1.165, 1.54) is 12.1 Å². The van der Waals surface area contributed by atoms with Gasteiger partial charge in [0, 0.05) is 23.2 Å². The van der Waals surface area contributed by atoms with E-state index in [-0.39, 0.29) is 30.9 Å². The fraction of sp³-hybridized carbons (Fsp3) is 0.278. The summed E-state index contributed by atoms with van der Waals surface area (Å²) < 4.78 is 33.3. The van der Waals surface area contributed by atoms with Gasteiger partial charge in [-0.3, -0.25) is 10.1 Å². The van der Waals surface area contributed by atoms with E-state index in [0.717, 1.165) is 0 Å². The summed E-state index contributed by atoms with van der Waals surface area (Å²) in [5, 5.41) is 3.03. The maximum atomic E-state index is 14.3. The van der Waals surface area contributed by atoms with E-state index in [9.17, 15) is 13.6 Å². The molecule has 7 heteroatoms. The molecule has 25 heavy (non-hydrogen) atoms. The molecule has 0 bridgehead atoms. The monoisotopic (exact) mass is 368 g/mol. The van der Waals surface area contributed by atoms with Gasteiger partial charge >= 0.3 is 0 Å². The molecule has 4 nitrogen and oxygen atoms in total. The van der Waals surface area contributed by atoms with E-state index in [2.05, 4.69) is 5.32 Å². The number of carbonyl (C=O) groups is 1. The number of nitrogens with one attached hydrogen (secondary N) is 1. The molecule has 1 saturated heterocycles. The summed E-state index contributed by atoms with van der Waals surface area (Å²) in [7, 11) is 0. The van der Waals surface area contributed by atoms with Crippen LogP contribution in [0.4, 0.5) is 8.78 Å². The molecule has 1 aliphatic heterocycles. The number of hydrogen-bond donors (Lipinski definition) is 2. The summed E-state index contributed by atoms with van der Waals surface area (Å²) in [6.07, 6.45) is 1.23. The Morgan fingerprint density at radius 3 is 2.56 bits per heavy atom. The number of benzene rings is 2. The Hall–Kier alpha value is -2.18. The first kappa shape index (κ1) is 19.1. The summed E-state index contributed by atoms with van der Waals surface area (Å²) in [6.45, 7) is 0.0247. The zero-order valence-corrected chi connectivity index (χ0v) is 14.2. The van der Waals surface area contributed by atoms with Crippen molar-refractivity contribution in [2.45, 2.75) is 31.5 Å². The van der Waals surface area contributed by atoms with Crippen molar-refractivity contribution in [3.05, 3.63) is 65.2 Å². The third kappa shape index (κ3) is 4.46. The van der Waals surface area contributed by atoms with Gasteiger partial charge < -0.3 is 10.5 Å². The molecule has 0 spiro atoms. The van der Waals surface area contributed by atoms with Gasteiger partial charge in [0.05, 0.1) is 6.04 Å². The number of hydrogen-bond acceptors (Lipinski definition) is 3. The smallest absolute Gasteiger partial charge is 0.234 e. The third-order valence-corrected chi connectivity index (χ3v) is 4.19. The number of ether oxygens (including phenoxy) is 1. The van der Waals surface area contributed by atoms with Crippen LogP contribution in [0.2, 0.25) is 0 Å². The third-order valence-electron chi connectivity index (χ3n) is 4.19. The van der Waals surface area contributed by atoms with Crippen LogP contribution in [-0.4, -0.2) is 11.9 Å². The van der Waals surface area contributed by atoms with Crippen molar-refractivity contribution in [2.75, 3.05) is 0 Å². The van der Waals surface area contributed by atoms with Gasteiger partial charge in [0.25, 0.3) is 0 Å². The van der Waals surface area contributed by atoms with Gasteiger partial charge in [-0.05, 0) is 25.0 Å². The van der Waals surface area contributed by atoms with Crippen LogP contribution in [0.25, 0.3) is 0 Å². The highest BCUT2D eigenvalue weighted by molar-refractivity contribution is 5.85. The first-order chi connectivity index (χ1) is 11.5. The lowest BCUT2D eigenvalue weighted by Gasteiger charge is -2.15. The molecule has 0 aromatic heterocycles. The molecule has 0 aliphatic carbocycles. The van der Waals surface area contributed by atoms with Gasteiger partial charge in [0.1, 0.15) is 24.0 Å². The van der Waals surface area contributed by atoms with Crippen LogP contribution in [-0.2, 0) is 11.4 Å². The van der Waals surface area contributed by atoms with Gasteiger partial charge in [-0.25, -0.2) is 8.78 Å². The SMILES string of the molecule is Cl.NC(=O)[C@@H]1CC[C@H](c2ccc(OCc3ccccc3F)cc2F)N1. The maximum absolute atomic E-state index is 14.3. The molecule has 0 radical (unpaired) electrons. The average molecular weight is 369 g/mol. The number of amides is 1. The number of halogens is 3. The van der Waals surface area contributed by atoms with Crippen LogP contribution in [0.1, 0.15) is 30.0 Å². The molecule has 3 N–H and O–H groups in total. The Kier molecular flexibility index (Phi) is 6.33. The molecule has 1 fully saturated rings. The van der Waals surface area contributed by atoms with Crippen LogP contribution >= 0.6 is 12.4 Å². The minimum atomic E-state index is -0.428. The van der Waals surface area contributed by atoms with Gasteiger partial charge in [0.2, 0.25) is 5.91 Å². The highest BCUT2D eigenvalue weighted by Gasteiger charge is 2.29. The summed E-state index contributed by atoms with van der Waals surface area (Å²) in [5.41, 5.74) is 6.14. The molecule has 0 saturated carbocycles. The molecule has 1 amide bonds. The molecular weight excluding hydrogens is 350 g/mol. The fourth-order valence-corrected chi connectivity index (χ4v) is 2.87. The largest absolute Gasteiger partial charge is 0.489 e. The summed E-state index contributed by atoms with van der Waals surface area (Å²) in [5.74, 6) is -0.891. The second-order valence-corrected chi connectivity index (χ2v) is 5.81. The topological polar surface area (TPSA) is 64.4 Å². The van der Waals surface area contributed by atoms with E-state index >= 15 is 0 Å². The quantitative estimate of drug-likeness (QED) is 0.851. The van der Waals surface area contributed by atoms with E-state index in [1.54, 1.807) is 30.3 Å². The minimum absolute atomic E-state index is 0. The van der Waals surface area contributed by atoms with Crippen molar-refractivity contribution in [3.63, 3.8) is 0 Å². The number of nitrogens with two attached hydrogens (primary N) is 1. The van der Waals surface area contributed by atoms with E-state index in [0.29, 0.717) is 29.7 Å². The zero-order chi connectivity index (χ0) is 17.1. The first-order valence-electron chi connectivity index (χ1n) is 7.75. The van der Waals surface area contributed by atoms with Gasteiger partial charge in [-0.15, -0.1) is 12.4 Å². The highest BCUT2D eigenvalue weighted by atomic mass is 35.5. The summed E-state index contributed by atoms with van der Waals surface area (Å²) in [4.78, 5) is 11.2. The molecule has 134 valence electrons. The summed E-state index contributed by atoms with van der Waals surface area (Å²) in [6, 6.07) is 10.1. The van der Waals surface area contributed by atoms with Gasteiger partial charge in [-0.2, -0.15) is 0 Å². The molecule has 1 heterocycles. The lowest BCUT2D eigenvalue weighted by Crippen LogP contribution is -2.37. The van der Waals surface area contributed by atoms with Gasteiger partial charge in [-0.1, -0.05) is 24.3 Å². The molecule has 0 unspecified atom stereocenters. The molecule has 2 aromatic rings. The molecule has 1 aliphatic rings.